The maximum absolute atomic E-state index is 10.9. The molecule has 70 valence electrons. The lowest BCUT2D eigenvalue weighted by Gasteiger charge is -2.09. The number of hydrogen-bond acceptors (Lipinski definition) is 3. The average Bonchev–Trinajstić information content (AvgIpc) is 2.00. The van der Waals surface area contributed by atoms with Crippen molar-refractivity contribution in [1.29, 1.82) is 0 Å². The van der Waals surface area contributed by atoms with Gasteiger partial charge in [0.05, 0.1) is 5.92 Å². The predicted octanol–water partition coefficient (Wildman–Crippen LogP) is 1.76. The van der Waals surface area contributed by atoms with Crippen molar-refractivity contribution < 1.29 is 14.3 Å². The van der Waals surface area contributed by atoms with E-state index in [1.165, 1.54) is 0 Å². The van der Waals surface area contributed by atoms with Crippen LogP contribution in [0, 0.1) is 11.8 Å². The lowest BCUT2D eigenvalue weighted by Crippen LogP contribution is -2.14. The fraction of sp³-hybridized carbons (Fsp3) is 0.778. The molecule has 3 nitrogen and oxygen atoms in total. The molecule has 0 aromatic carbocycles. The SMILES string of the molecule is CC(C)CCC(C)C(=O)OC=O. The Kier molecular flexibility index (Phi) is 5.34. The van der Waals surface area contributed by atoms with Crippen molar-refractivity contribution >= 4 is 12.4 Å². The third-order valence-corrected chi connectivity index (χ3v) is 1.74. The molecular formula is C9H16O3. The minimum absolute atomic E-state index is 0.169. The number of esters is 1. The summed E-state index contributed by atoms with van der Waals surface area (Å²) < 4.78 is 4.22. The maximum atomic E-state index is 10.9. The molecule has 0 amide bonds. The lowest BCUT2D eigenvalue weighted by molar-refractivity contribution is -0.154. The number of hydrogen-bond donors (Lipinski definition) is 0. The first kappa shape index (κ1) is 11.1. The fourth-order valence-electron chi connectivity index (χ4n) is 0.865. The van der Waals surface area contributed by atoms with E-state index in [4.69, 9.17) is 0 Å². The summed E-state index contributed by atoms with van der Waals surface area (Å²) in [6.45, 7) is 6.15. The zero-order valence-corrected chi connectivity index (χ0v) is 7.87. The highest BCUT2D eigenvalue weighted by molar-refractivity contribution is 5.78. The summed E-state index contributed by atoms with van der Waals surface area (Å²) in [5.41, 5.74) is 0. The Hall–Kier alpha value is -0.860. The van der Waals surface area contributed by atoms with E-state index in [1.807, 2.05) is 0 Å². The van der Waals surface area contributed by atoms with Gasteiger partial charge in [0, 0.05) is 0 Å². The zero-order valence-electron chi connectivity index (χ0n) is 7.87. The van der Waals surface area contributed by atoms with Crippen LogP contribution in [0.1, 0.15) is 33.6 Å². The van der Waals surface area contributed by atoms with Crippen LogP contribution >= 0.6 is 0 Å². The molecule has 0 bridgehead atoms. The number of carbonyl (C=O) groups excluding carboxylic acids is 2. The highest BCUT2D eigenvalue weighted by atomic mass is 16.6. The van der Waals surface area contributed by atoms with Gasteiger partial charge in [0.15, 0.2) is 0 Å². The van der Waals surface area contributed by atoms with Gasteiger partial charge in [-0.15, -0.1) is 0 Å². The first-order chi connectivity index (χ1) is 5.57. The molecule has 0 aliphatic heterocycles. The van der Waals surface area contributed by atoms with E-state index in [1.54, 1.807) is 6.92 Å². The predicted molar refractivity (Wildman–Crippen MR) is 45.4 cm³/mol. The van der Waals surface area contributed by atoms with Gasteiger partial charge in [-0.3, -0.25) is 9.59 Å². The Morgan fingerprint density at radius 3 is 2.33 bits per heavy atom. The van der Waals surface area contributed by atoms with Gasteiger partial charge in [0.2, 0.25) is 0 Å². The lowest BCUT2D eigenvalue weighted by atomic mass is 10.00. The highest BCUT2D eigenvalue weighted by Gasteiger charge is 2.14. The van der Waals surface area contributed by atoms with Crippen LogP contribution in [-0.2, 0) is 14.3 Å². The van der Waals surface area contributed by atoms with Crippen LogP contribution < -0.4 is 0 Å². The fourth-order valence-corrected chi connectivity index (χ4v) is 0.865. The number of carbonyl (C=O) groups is 2. The molecule has 0 heterocycles. The molecule has 0 saturated heterocycles. The van der Waals surface area contributed by atoms with Gasteiger partial charge in [-0.25, -0.2) is 0 Å². The van der Waals surface area contributed by atoms with Gasteiger partial charge in [-0.05, 0) is 12.3 Å². The third-order valence-electron chi connectivity index (χ3n) is 1.74. The van der Waals surface area contributed by atoms with Crippen molar-refractivity contribution in [2.45, 2.75) is 33.6 Å². The first-order valence-electron chi connectivity index (χ1n) is 4.22. The average molecular weight is 172 g/mol. The van der Waals surface area contributed by atoms with Crippen molar-refractivity contribution in [2.75, 3.05) is 0 Å². The van der Waals surface area contributed by atoms with E-state index in [9.17, 15) is 9.59 Å². The Morgan fingerprint density at radius 1 is 1.33 bits per heavy atom. The van der Waals surface area contributed by atoms with Crippen LogP contribution in [0.4, 0.5) is 0 Å². The molecule has 0 spiro atoms. The van der Waals surface area contributed by atoms with Crippen LogP contribution in [0.25, 0.3) is 0 Å². The summed E-state index contributed by atoms with van der Waals surface area (Å²) in [6, 6.07) is 0. The van der Waals surface area contributed by atoms with E-state index in [0.29, 0.717) is 5.92 Å². The molecule has 0 aromatic rings. The van der Waals surface area contributed by atoms with E-state index in [0.717, 1.165) is 12.8 Å². The number of ether oxygens (including phenoxy) is 1. The number of rotatable bonds is 5. The Labute approximate surface area is 73.1 Å². The molecule has 0 fully saturated rings. The van der Waals surface area contributed by atoms with E-state index in [2.05, 4.69) is 18.6 Å². The second-order valence-electron chi connectivity index (χ2n) is 3.41. The molecule has 1 unspecified atom stereocenters. The summed E-state index contributed by atoms with van der Waals surface area (Å²) in [5, 5.41) is 0. The molecule has 0 aliphatic carbocycles. The van der Waals surface area contributed by atoms with Crippen LogP contribution in [0.2, 0.25) is 0 Å². The van der Waals surface area contributed by atoms with Crippen LogP contribution in [0.5, 0.6) is 0 Å². The highest BCUT2D eigenvalue weighted by Crippen LogP contribution is 2.12. The molecule has 0 radical (unpaired) electrons. The molecule has 0 aliphatic rings. The monoisotopic (exact) mass is 172 g/mol. The minimum Gasteiger partial charge on any atom is -0.395 e. The van der Waals surface area contributed by atoms with Gasteiger partial charge in [-0.2, -0.15) is 0 Å². The van der Waals surface area contributed by atoms with Crippen molar-refractivity contribution in [3.05, 3.63) is 0 Å². The first-order valence-corrected chi connectivity index (χ1v) is 4.22. The Balaban J connectivity index is 3.63. The molecule has 0 aromatic heterocycles. The Bertz CT molecular complexity index is 152. The molecule has 1 atom stereocenters. The van der Waals surface area contributed by atoms with Gasteiger partial charge in [-0.1, -0.05) is 27.2 Å². The summed E-state index contributed by atoms with van der Waals surface area (Å²) in [4.78, 5) is 20.7. The quantitative estimate of drug-likeness (QED) is 0.360. The summed E-state index contributed by atoms with van der Waals surface area (Å²) in [7, 11) is 0. The maximum Gasteiger partial charge on any atom is 0.316 e. The minimum atomic E-state index is -0.425. The van der Waals surface area contributed by atoms with Gasteiger partial charge < -0.3 is 4.74 Å². The smallest absolute Gasteiger partial charge is 0.316 e. The van der Waals surface area contributed by atoms with Gasteiger partial charge in [0.25, 0.3) is 0 Å². The van der Waals surface area contributed by atoms with Crippen LogP contribution in [0.3, 0.4) is 0 Å². The van der Waals surface area contributed by atoms with Crippen LogP contribution in [-0.4, -0.2) is 12.4 Å². The largest absolute Gasteiger partial charge is 0.395 e. The third kappa shape index (κ3) is 4.88. The zero-order chi connectivity index (χ0) is 9.56. The molecule has 0 saturated carbocycles. The van der Waals surface area contributed by atoms with Crippen molar-refractivity contribution in [3.8, 4) is 0 Å². The normalized spacial score (nSPS) is 12.7. The summed E-state index contributed by atoms with van der Waals surface area (Å²) >= 11 is 0. The van der Waals surface area contributed by atoms with Gasteiger partial charge >= 0.3 is 12.4 Å². The molecular weight excluding hydrogens is 156 g/mol. The van der Waals surface area contributed by atoms with Crippen molar-refractivity contribution in [3.63, 3.8) is 0 Å². The van der Waals surface area contributed by atoms with E-state index in [-0.39, 0.29) is 12.4 Å². The van der Waals surface area contributed by atoms with Crippen molar-refractivity contribution in [2.24, 2.45) is 11.8 Å². The second kappa shape index (κ2) is 5.75. The van der Waals surface area contributed by atoms with E-state index >= 15 is 0 Å². The molecule has 0 rings (SSSR count). The van der Waals surface area contributed by atoms with E-state index < -0.39 is 5.97 Å². The summed E-state index contributed by atoms with van der Waals surface area (Å²) in [6.07, 6.45) is 1.76. The summed E-state index contributed by atoms with van der Waals surface area (Å²) in [5.74, 6) is -0.0141. The molecule has 0 N–H and O–H groups in total. The standard InChI is InChI=1S/C9H16O3/c1-7(2)4-5-8(3)9(11)12-6-10/h6-8H,4-5H2,1-3H3. The second-order valence-corrected chi connectivity index (χ2v) is 3.41. The van der Waals surface area contributed by atoms with Crippen molar-refractivity contribution in [1.82, 2.24) is 0 Å². The van der Waals surface area contributed by atoms with Gasteiger partial charge in [0.1, 0.15) is 0 Å². The molecule has 12 heavy (non-hydrogen) atoms. The van der Waals surface area contributed by atoms with Crippen LogP contribution in [0.15, 0.2) is 0 Å². The molecule has 3 heteroatoms. The topological polar surface area (TPSA) is 43.4 Å². The Morgan fingerprint density at radius 2 is 1.92 bits per heavy atom.